The number of carbonyl (C=O) groups is 5. The molecule has 11 nitrogen and oxygen atoms in total. The maximum Gasteiger partial charge on any atom is 0.305 e. The van der Waals surface area contributed by atoms with Crippen molar-refractivity contribution >= 4 is 29.8 Å². The van der Waals surface area contributed by atoms with Crippen molar-refractivity contribution in [1.82, 2.24) is 5.32 Å². The normalized spacial score (nSPS) is 24.6. The van der Waals surface area contributed by atoms with Gasteiger partial charge in [0, 0.05) is 33.3 Å². The first-order valence-electron chi connectivity index (χ1n) is 9.75. The van der Waals surface area contributed by atoms with Gasteiger partial charge < -0.3 is 29.0 Å². The summed E-state index contributed by atoms with van der Waals surface area (Å²) < 4.78 is 26.5. The van der Waals surface area contributed by atoms with Crippen LogP contribution >= 0.6 is 0 Å². The van der Waals surface area contributed by atoms with Gasteiger partial charge in [-0.3, -0.25) is 24.0 Å². The lowest BCUT2D eigenvalue weighted by Crippen LogP contribution is -2.67. The maximum absolute atomic E-state index is 12.8. The van der Waals surface area contributed by atoms with Crippen LogP contribution in [-0.4, -0.2) is 67.0 Å². The Morgan fingerprint density at radius 3 is 1.91 bits per heavy atom. The van der Waals surface area contributed by atoms with Crippen LogP contribution in [0.25, 0.3) is 0 Å². The van der Waals surface area contributed by atoms with Gasteiger partial charge in [0.25, 0.3) is 5.91 Å². The Kier molecular flexibility index (Phi) is 8.71. The Labute approximate surface area is 184 Å². The largest absolute Gasteiger partial charge is 0.463 e. The summed E-state index contributed by atoms with van der Waals surface area (Å²) in [4.78, 5) is 59.3. The third-order valence-corrected chi connectivity index (χ3v) is 4.32. The van der Waals surface area contributed by atoms with Gasteiger partial charge in [-0.2, -0.15) is 0 Å². The third kappa shape index (κ3) is 7.05. The predicted molar refractivity (Wildman–Crippen MR) is 106 cm³/mol. The summed E-state index contributed by atoms with van der Waals surface area (Å²) in [6.07, 6.45) is -5.18. The molecule has 2 unspecified atom stereocenters. The van der Waals surface area contributed by atoms with Gasteiger partial charge in [-0.1, -0.05) is 18.2 Å². The van der Waals surface area contributed by atoms with Crippen LogP contribution in [0.2, 0.25) is 0 Å². The highest BCUT2D eigenvalue weighted by Gasteiger charge is 2.52. The van der Waals surface area contributed by atoms with Gasteiger partial charge in [0.2, 0.25) is 6.29 Å². The van der Waals surface area contributed by atoms with Crippen molar-refractivity contribution in [2.45, 2.75) is 58.3 Å². The standard InChI is InChI=1S/C21H25NO10/c1-11(23)28-10-16-18(29-12(2)24)19(30-13(3)25)17(21(32-16)31-14(4)26)22-20(27)15-8-6-5-7-9-15/h5-9,16-19,21H,10H2,1-4H3,(H,22,27)/t16?,17-,18+,19-,21?/m1/s1. The number of hydrogen-bond acceptors (Lipinski definition) is 10. The van der Waals surface area contributed by atoms with Crippen molar-refractivity contribution in [2.75, 3.05) is 6.61 Å². The van der Waals surface area contributed by atoms with Crippen LogP contribution in [0.15, 0.2) is 30.3 Å². The van der Waals surface area contributed by atoms with Crippen LogP contribution in [0, 0.1) is 0 Å². The van der Waals surface area contributed by atoms with E-state index in [9.17, 15) is 24.0 Å². The lowest BCUT2D eigenvalue weighted by Gasteiger charge is -2.44. The van der Waals surface area contributed by atoms with E-state index in [2.05, 4.69) is 5.32 Å². The average molecular weight is 451 g/mol. The SMILES string of the molecule is CC(=O)OCC1OC(OC(C)=O)[C@H](NC(=O)c2ccccc2)[C@@H](OC(C)=O)[C@H]1OC(C)=O. The van der Waals surface area contributed by atoms with Crippen molar-refractivity contribution in [3.8, 4) is 0 Å². The number of ether oxygens (including phenoxy) is 5. The molecule has 1 aromatic rings. The number of rotatable bonds is 7. The molecule has 1 aromatic carbocycles. The van der Waals surface area contributed by atoms with Gasteiger partial charge in [0.1, 0.15) is 18.8 Å². The summed E-state index contributed by atoms with van der Waals surface area (Å²) in [5.74, 6) is -3.44. The van der Waals surface area contributed by atoms with Gasteiger partial charge in [-0.25, -0.2) is 0 Å². The Morgan fingerprint density at radius 1 is 0.812 bits per heavy atom. The zero-order chi connectivity index (χ0) is 23.8. The molecule has 32 heavy (non-hydrogen) atoms. The molecular formula is C21H25NO10. The predicted octanol–water partition coefficient (Wildman–Crippen LogP) is 0.500. The van der Waals surface area contributed by atoms with Crippen molar-refractivity contribution in [1.29, 1.82) is 0 Å². The smallest absolute Gasteiger partial charge is 0.305 e. The molecule has 0 bridgehead atoms. The van der Waals surface area contributed by atoms with E-state index in [1.54, 1.807) is 30.3 Å². The summed E-state index contributed by atoms with van der Waals surface area (Å²) >= 11 is 0. The first-order chi connectivity index (χ1) is 15.1. The van der Waals surface area contributed by atoms with Crippen LogP contribution < -0.4 is 5.32 Å². The van der Waals surface area contributed by atoms with E-state index in [1.807, 2.05) is 0 Å². The molecule has 1 heterocycles. The molecular weight excluding hydrogens is 426 g/mol. The van der Waals surface area contributed by atoms with E-state index in [1.165, 1.54) is 6.92 Å². The zero-order valence-electron chi connectivity index (χ0n) is 18.1. The van der Waals surface area contributed by atoms with E-state index < -0.39 is 60.4 Å². The number of hydrogen-bond donors (Lipinski definition) is 1. The second kappa shape index (κ2) is 11.2. The van der Waals surface area contributed by atoms with Gasteiger partial charge >= 0.3 is 23.9 Å². The number of esters is 4. The van der Waals surface area contributed by atoms with E-state index in [0.717, 1.165) is 20.8 Å². The average Bonchev–Trinajstić information content (AvgIpc) is 2.70. The summed E-state index contributed by atoms with van der Waals surface area (Å²) in [6.45, 7) is 4.16. The van der Waals surface area contributed by atoms with Crippen LogP contribution in [0.4, 0.5) is 0 Å². The molecule has 0 aromatic heterocycles. The molecule has 174 valence electrons. The lowest BCUT2D eigenvalue weighted by molar-refractivity contribution is -0.270. The van der Waals surface area contributed by atoms with Crippen molar-refractivity contribution in [3.05, 3.63) is 35.9 Å². The number of benzene rings is 1. The second-order valence-corrected chi connectivity index (χ2v) is 6.97. The van der Waals surface area contributed by atoms with E-state index in [0.29, 0.717) is 0 Å². The van der Waals surface area contributed by atoms with Gasteiger partial charge in [0.15, 0.2) is 12.2 Å². The Balaban J connectivity index is 2.44. The zero-order valence-corrected chi connectivity index (χ0v) is 18.1. The second-order valence-electron chi connectivity index (χ2n) is 6.97. The Bertz CT molecular complexity index is 855. The number of carbonyl (C=O) groups excluding carboxylic acids is 5. The minimum atomic E-state index is -1.43. The molecule has 11 heteroatoms. The topological polar surface area (TPSA) is 144 Å². The highest BCUT2D eigenvalue weighted by Crippen LogP contribution is 2.28. The van der Waals surface area contributed by atoms with Crippen LogP contribution in [0.3, 0.4) is 0 Å². The summed E-state index contributed by atoms with van der Waals surface area (Å²) in [7, 11) is 0. The number of amides is 1. The summed E-state index contributed by atoms with van der Waals surface area (Å²) in [5, 5.41) is 2.62. The third-order valence-electron chi connectivity index (χ3n) is 4.32. The molecule has 1 amide bonds. The Morgan fingerprint density at radius 2 is 1.38 bits per heavy atom. The first-order valence-corrected chi connectivity index (χ1v) is 9.75. The molecule has 1 saturated heterocycles. The summed E-state index contributed by atoms with van der Waals surface area (Å²) in [6, 6.07) is 6.88. The minimum absolute atomic E-state index is 0.279. The lowest BCUT2D eigenvalue weighted by atomic mass is 9.95. The molecule has 2 rings (SSSR count). The number of nitrogens with one attached hydrogen (secondary N) is 1. The summed E-state index contributed by atoms with van der Waals surface area (Å²) in [5.41, 5.74) is 0.279. The monoisotopic (exact) mass is 451 g/mol. The minimum Gasteiger partial charge on any atom is -0.463 e. The van der Waals surface area contributed by atoms with Crippen LogP contribution in [0.5, 0.6) is 0 Å². The molecule has 5 atom stereocenters. The molecule has 0 saturated carbocycles. The molecule has 0 spiro atoms. The van der Waals surface area contributed by atoms with E-state index in [-0.39, 0.29) is 12.2 Å². The fourth-order valence-electron chi connectivity index (χ4n) is 3.14. The first kappa shape index (κ1) is 24.8. The highest BCUT2D eigenvalue weighted by molar-refractivity contribution is 5.94. The molecule has 0 radical (unpaired) electrons. The van der Waals surface area contributed by atoms with E-state index >= 15 is 0 Å². The highest BCUT2D eigenvalue weighted by atomic mass is 16.7. The van der Waals surface area contributed by atoms with E-state index in [4.69, 9.17) is 23.7 Å². The van der Waals surface area contributed by atoms with Crippen molar-refractivity contribution in [3.63, 3.8) is 0 Å². The molecule has 0 aliphatic carbocycles. The van der Waals surface area contributed by atoms with Gasteiger partial charge in [-0.15, -0.1) is 0 Å². The fraction of sp³-hybridized carbons (Fsp3) is 0.476. The van der Waals surface area contributed by atoms with Gasteiger partial charge in [-0.05, 0) is 12.1 Å². The van der Waals surface area contributed by atoms with Gasteiger partial charge in [0.05, 0.1) is 0 Å². The molecule has 1 fully saturated rings. The molecule has 1 N–H and O–H groups in total. The fourth-order valence-corrected chi connectivity index (χ4v) is 3.14. The van der Waals surface area contributed by atoms with Crippen LogP contribution in [0.1, 0.15) is 38.1 Å². The quantitative estimate of drug-likeness (QED) is 0.460. The van der Waals surface area contributed by atoms with Crippen LogP contribution in [-0.2, 0) is 42.9 Å². The molecule has 1 aliphatic heterocycles. The molecule has 1 aliphatic rings. The Hall–Kier alpha value is -3.47. The maximum atomic E-state index is 12.8. The van der Waals surface area contributed by atoms with Crippen molar-refractivity contribution in [2.24, 2.45) is 0 Å². The van der Waals surface area contributed by atoms with Crippen molar-refractivity contribution < 1.29 is 47.7 Å².